The van der Waals surface area contributed by atoms with E-state index in [0.717, 1.165) is 16.7 Å². The van der Waals surface area contributed by atoms with E-state index in [9.17, 15) is 14.0 Å². The van der Waals surface area contributed by atoms with Gasteiger partial charge in [0.2, 0.25) is 5.91 Å². The Kier molecular flexibility index (Phi) is 5.68. The predicted molar refractivity (Wildman–Crippen MR) is 89.1 cm³/mol. The molecule has 2 aromatic rings. The molecule has 5 heteroatoms. The van der Waals surface area contributed by atoms with Gasteiger partial charge in [-0.1, -0.05) is 30.3 Å². The molecule has 4 nitrogen and oxygen atoms in total. The number of benzene rings is 2. The van der Waals surface area contributed by atoms with Crippen molar-refractivity contribution >= 4 is 11.9 Å². The average molecular weight is 329 g/mol. The summed E-state index contributed by atoms with van der Waals surface area (Å²) in [5.74, 6) is -1.71. The van der Waals surface area contributed by atoms with Crippen LogP contribution in [0.15, 0.2) is 42.5 Å². The SMILES string of the molecule is Cc1cccc(C)c1CC(=O)N(CC(=O)O)Cc1ccc(F)cc1. The summed E-state index contributed by atoms with van der Waals surface area (Å²) in [5, 5.41) is 9.08. The molecule has 0 radical (unpaired) electrons. The van der Waals surface area contributed by atoms with Gasteiger partial charge in [-0.05, 0) is 48.2 Å². The minimum atomic E-state index is -1.08. The lowest BCUT2D eigenvalue weighted by molar-refractivity contribution is -0.144. The standard InChI is InChI=1S/C19H20FNO3/c1-13-4-3-5-14(2)17(13)10-18(22)21(12-19(23)24)11-15-6-8-16(20)9-7-15/h3-9H,10-12H2,1-2H3,(H,23,24). The van der Waals surface area contributed by atoms with E-state index in [1.54, 1.807) is 12.1 Å². The number of hydrogen-bond acceptors (Lipinski definition) is 2. The van der Waals surface area contributed by atoms with Crippen LogP contribution in [0.3, 0.4) is 0 Å². The highest BCUT2D eigenvalue weighted by molar-refractivity contribution is 5.83. The van der Waals surface area contributed by atoms with Crippen LogP contribution in [0, 0.1) is 19.7 Å². The van der Waals surface area contributed by atoms with Gasteiger partial charge in [0, 0.05) is 6.54 Å². The maximum Gasteiger partial charge on any atom is 0.323 e. The van der Waals surface area contributed by atoms with Crippen molar-refractivity contribution in [3.8, 4) is 0 Å². The summed E-state index contributed by atoms with van der Waals surface area (Å²) in [4.78, 5) is 25.0. The average Bonchev–Trinajstić information content (AvgIpc) is 2.52. The van der Waals surface area contributed by atoms with Crippen LogP contribution in [-0.4, -0.2) is 28.4 Å². The lowest BCUT2D eigenvalue weighted by Gasteiger charge is -2.22. The fourth-order valence-electron chi connectivity index (χ4n) is 2.60. The number of nitrogens with zero attached hydrogens (tertiary/aromatic N) is 1. The minimum absolute atomic E-state index is 0.135. The van der Waals surface area contributed by atoms with Crippen molar-refractivity contribution in [2.75, 3.05) is 6.54 Å². The Morgan fingerprint density at radius 2 is 1.62 bits per heavy atom. The first-order valence-electron chi connectivity index (χ1n) is 7.66. The van der Waals surface area contributed by atoms with Gasteiger partial charge in [-0.3, -0.25) is 9.59 Å². The van der Waals surface area contributed by atoms with Gasteiger partial charge in [0.25, 0.3) is 0 Å². The predicted octanol–water partition coefficient (Wildman–Crippen LogP) is 3.10. The van der Waals surface area contributed by atoms with E-state index in [0.29, 0.717) is 5.56 Å². The molecule has 1 N–H and O–H groups in total. The van der Waals surface area contributed by atoms with Crippen molar-refractivity contribution in [2.45, 2.75) is 26.8 Å². The number of carbonyl (C=O) groups excluding carboxylic acids is 1. The van der Waals surface area contributed by atoms with Crippen molar-refractivity contribution in [3.63, 3.8) is 0 Å². The molecule has 1 amide bonds. The number of aryl methyl sites for hydroxylation is 2. The summed E-state index contributed by atoms with van der Waals surface area (Å²) in [5.41, 5.74) is 3.60. The third kappa shape index (κ3) is 4.65. The molecule has 0 atom stereocenters. The van der Waals surface area contributed by atoms with Gasteiger partial charge in [0.05, 0.1) is 6.42 Å². The molecule has 0 aliphatic rings. The van der Waals surface area contributed by atoms with Crippen LogP contribution in [0.2, 0.25) is 0 Å². The number of carboxylic acid groups (broad SMARTS) is 1. The van der Waals surface area contributed by atoms with Gasteiger partial charge >= 0.3 is 5.97 Å². The second kappa shape index (κ2) is 7.73. The summed E-state index contributed by atoms with van der Waals surface area (Å²) in [7, 11) is 0. The first-order valence-corrected chi connectivity index (χ1v) is 7.66. The number of carboxylic acids is 1. The number of carbonyl (C=O) groups is 2. The van der Waals surface area contributed by atoms with Gasteiger partial charge in [0.1, 0.15) is 12.4 Å². The molecule has 126 valence electrons. The molecule has 0 aliphatic heterocycles. The molecule has 0 bridgehead atoms. The fourth-order valence-corrected chi connectivity index (χ4v) is 2.60. The van der Waals surface area contributed by atoms with E-state index in [4.69, 9.17) is 5.11 Å². The van der Waals surface area contributed by atoms with Crippen molar-refractivity contribution in [1.82, 2.24) is 4.90 Å². The van der Waals surface area contributed by atoms with Gasteiger partial charge in [-0.25, -0.2) is 4.39 Å². The lowest BCUT2D eigenvalue weighted by Crippen LogP contribution is -2.36. The van der Waals surface area contributed by atoms with Gasteiger partial charge in [-0.2, -0.15) is 0 Å². The Morgan fingerprint density at radius 1 is 1.04 bits per heavy atom. The van der Waals surface area contributed by atoms with E-state index >= 15 is 0 Å². The Bertz CT molecular complexity index is 721. The quantitative estimate of drug-likeness (QED) is 0.886. The molecule has 0 fully saturated rings. The fraction of sp³-hybridized carbons (Fsp3) is 0.263. The number of hydrogen-bond donors (Lipinski definition) is 1. The van der Waals surface area contributed by atoms with E-state index in [-0.39, 0.29) is 31.2 Å². The maximum atomic E-state index is 13.0. The van der Waals surface area contributed by atoms with Crippen molar-refractivity contribution in [1.29, 1.82) is 0 Å². The first-order chi connectivity index (χ1) is 11.4. The zero-order valence-corrected chi connectivity index (χ0v) is 13.8. The van der Waals surface area contributed by atoms with Gasteiger partial charge in [-0.15, -0.1) is 0 Å². The Balaban J connectivity index is 2.18. The third-order valence-corrected chi connectivity index (χ3v) is 3.94. The van der Waals surface area contributed by atoms with E-state index in [2.05, 4.69) is 0 Å². The van der Waals surface area contributed by atoms with E-state index in [1.165, 1.54) is 17.0 Å². The zero-order valence-electron chi connectivity index (χ0n) is 13.8. The second-order valence-electron chi connectivity index (χ2n) is 5.82. The van der Waals surface area contributed by atoms with Crippen LogP contribution < -0.4 is 0 Å². The highest BCUT2D eigenvalue weighted by Crippen LogP contribution is 2.16. The Morgan fingerprint density at radius 3 is 2.17 bits per heavy atom. The smallest absolute Gasteiger partial charge is 0.323 e. The molecule has 24 heavy (non-hydrogen) atoms. The zero-order chi connectivity index (χ0) is 17.7. The van der Waals surface area contributed by atoms with Crippen LogP contribution in [-0.2, 0) is 22.6 Å². The van der Waals surface area contributed by atoms with Crippen LogP contribution in [0.5, 0.6) is 0 Å². The first kappa shape index (κ1) is 17.7. The molecule has 0 aromatic heterocycles. The summed E-state index contributed by atoms with van der Waals surface area (Å²) < 4.78 is 13.0. The second-order valence-corrected chi connectivity index (χ2v) is 5.82. The Labute approximate surface area is 140 Å². The van der Waals surface area contributed by atoms with Crippen LogP contribution in [0.25, 0.3) is 0 Å². The van der Waals surface area contributed by atoms with E-state index in [1.807, 2.05) is 32.0 Å². The molecule has 0 saturated heterocycles. The van der Waals surface area contributed by atoms with Crippen LogP contribution in [0.1, 0.15) is 22.3 Å². The molecule has 0 heterocycles. The summed E-state index contributed by atoms with van der Waals surface area (Å²) in [6.45, 7) is 3.60. The number of aliphatic carboxylic acids is 1. The normalized spacial score (nSPS) is 10.5. The molecule has 0 spiro atoms. The molecular weight excluding hydrogens is 309 g/mol. The summed E-state index contributed by atoms with van der Waals surface area (Å²) >= 11 is 0. The maximum absolute atomic E-state index is 13.0. The largest absolute Gasteiger partial charge is 0.480 e. The highest BCUT2D eigenvalue weighted by Gasteiger charge is 2.19. The number of rotatable bonds is 6. The highest BCUT2D eigenvalue weighted by atomic mass is 19.1. The van der Waals surface area contributed by atoms with Crippen molar-refractivity contribution in [2.24, 2.45) is 0 Å². The topological polar surface area (TPSA) is 57.6 Å². The third-order valence-electron chi connectivity index (χ3n) is 3.94. The van der Waals surface area contributed by atoms with Gasteiger partial charge < -0.3 is 10.0 Å². The van der Waals surface area contributed by atoms with Crippen molar-refractivity contribution in [3.05, 3.63) is 70.5 Å². The summed E-state index contributed by atoms with van der Waals surface area (Å²) in [6.07, 6.45) is 0.146. The lowest BCUT2D eigenvalue weighted by atomic mass is 9.99. The molecule has 2 rings (SSSR count). The summed E-state index contributed by atoms with van der Waals surface area (Å²) in [6, 6.07) is 11.5. The Hall–Kier alpha value is -2.69. The van der Waals surface area contributed by atoms with Crippen LogP contribution in [0.4, 0.5) is 4.39 Å². The molecule has 0 aliphatic carbocycles. The minimum Gasteiger partial charge on any atom is -0.480 e. The molecule has 2 aromatic carbocycles. The number of halogens is 1. The van der Waals surface area contributed by atoms with E-state index < -0.39 is 5.97 Å². The monoisotopic (exact) mass is 329 g/mol. The number of amides is 1. The molecule has 0 unspecified atom stereocenters. The molecule has 0 saturated carbocycles. The van der Waals surface area contributed by atoms with Crippen LogP contribution >= 0.6 is 0 Å². The van der Waals surface area contributed by atoms with Crippen molar-refractivity contribution < 1.29 is 19.1 Å². The molecular formula is C19H20FNO3. The van der Waals surface area contributed by atoms with Gasteiger partial charge in [0.15, 0.2) is 0 Å².